The summed E-state index contributed by atoms with van der Waals surface area (Å²) in [6.07, 6.45) is 1.24. The molecule has 1 aliphatic rings. The summed E-state index contributed by atoms with van der Waals surface area (Å²) in [4.78, 5) is 36.8. The zero-order valence-electron chi connectivity index (χ0n) is 19.3. The minimum absolute atomic E-state index is 0.0199. The van der Waals surface area contributed by atoms with Crippen molar-refractivity contribution in [3.05, 3.63) is 52.3 Å². The first-order valence-corrected chi connectivity index (χ1v) is 11.5. The number of amides is 1. The maximum absolute atomic E-state index is 13.0. The molecule has 4 rings (SSSR count). The number of piperidine rings is 1. The number of esters is 1. The van der Waals surface area contributed by atoms with E-state index in [4.69, 9.17) is 20.9 Å². The average Bonchev–Trinajstić information content (AvgIpc) is 3.22. The van der Waals surface area contributed by atoms with Crippen LogP contribution < -0.4 is 10.2 Å². The van der Waals surface area contributed by atoms with Gasteiger partial charge in [-0.15, -0.1) is 0 Å². The number of halogens is 1. The van der Waals surface area contributed by atoms with Gasteiger partial charge in [-0.1, -0.05) is 28.9 Å². The Kier molecular flexibility index (Phi) is 7.12. The SMILES string of the molecule is CCOC(=O)c1c(-c2ccc(Cl)cc2)noc1NC(=O)C1CCN(c2nc(C)cc(C)n2)CC1. The van der Waals surface area contributed by atoms with Crippen LogP contribution in [0.25, 0.3) is 11.3 Å². The predicted molar refractivity (Wildman–Crippen MR) is 128 cm³/mol. The van der Waals surface area contributed by atoms with E-state index < -0.39 is 5.97 Å². The van der Waals surface area contributed by atoms with E-state index in [0.29, 0.717) is 42.5 Å². The van der Waals surface area contributed by atoms with Crippen molar-refractivity contribution >= 4 is 35.3 Å². The lowest BCUT2D eigenvalue weighted by Gasteiger charge is -2.31. The third-order valence-electron chi connectivity index (χ3n) is 5.65. The standard InChI is InChI=1S/C24H26ClN5O4/c1-4-33-23(32)19-20(16-5-7-18(25)8-6-16)29-34-22(19)28-21(31)17-9-11-30(12-10-17)24-26-14(2)13-15(3)27-24/h5-8,13,17H,4,9-12H2,1-3H3,(H,28,31). The Morgan fingerprint density at radius 2 is 1.79 bits per heavy atom. The Hall–Kier alpha value is -3.46. The number of carbonyl (C=O) groups is 2. The van der Waals surface area contributed by atoms with Crippen LogP contribution in [0.2, 0.25) is 5.02 Å². The first-order valence-electron chi connectivity index (χ1n) is 11.2. The number of aryl methyl sites for hydroxylation is 2. The molecule has 0 radical (unpaired) electrons. The third-order valence-corrected chi connectivity index (χ3v) is 5.90. The summed E-state index contributed by atoms with van der Waals surface area (Å²) in [5, 5.41) is 7.33. The van der Waals surface area contributed by atoms with Gasteiger partial charge < -0.3 is 14.2 Å². The molecule has 0 saturated carbocycles. The van der Waals surface area contributed by atoms with Crippen molar-refractivity contribution in [3.8, 4) is 11.3 Å². The lowest BCUT2D eigenvalue weighted by molar-refractivity contribution is -0.120. The number of anilines is 2. The van der Waals surface area contributed by atoms with Crippen molar-refractivity contribution in [1.82, 2.24) is 15.1 Å². The van der Waals surface area contributed by atoms with Crippen molar-refractivity contribution in [3.63, 3.8) is 0 Å². The van der Waals surface area contributed by atoms with Crippen LogP contribution in [0.3, 0.4) is 0 Å². The Bertz CT molecular complexity index is 1170. The molecule has 0 aliphatic carbocycles. The number of ether oxygens (including phenoxy) is 1. The summed E-state index contributed by atoms with van der Waals surface area (Å²) in [5.41, 5.74) is 2.82. The molecule has 3 heterocycles. The summed E-state index contributed by atoms with van der Waals surface area (Å²) in [7, 11) is 0. The van der Waals surface area contributed by atoms with Gasteiger partial charge in [-0.05, 0) is 51.8 Å². The van der Waals surface area contributed by atoms with Crippen LogP contribution in [0, 0.1) is 19.8 Å². The lowest BCUT2D eigenvalue weighted by Crippen LogP contribution is -2.39. The van der Waals surface area contributed by atoms with E-state index in [0.717, 1.165) is 11.4 Å². The van der Waals surface area contributed by atoms with Gasteiger partial charge in [-0.25, -0.2) is 14.8 Å². The highest BCUT2D eigenvalue weighted by Gasteiger charge is 2.31. The largest absolute Gasteiger partial charge is 0.462 e. The van der Waals surface area contributed by atoms with Gasteiger partial charge in [-0.3, -0.25) is 10.1 Å². The molecular formula is C24H26ClN5O4. The highest BCUT2D eigenvalue weighted by Crippen LogP contribution is 2.31. The van der Waals surface area contributed by atoms with E-state index in [9.17, 15) is 9.59 Å². The average molecular weight is 484 g/mol. The first kappa shape index (κ1) is 23.7. The number of benzene rings is 1. The summed E-state index contributed by atoms with van der Waals surface area (Å²) in [6, 6.07) is 8.75. The number of hydrogen-bond donors (Lipinski definition) is 1. The Balaban J connectivity index is 1.48. The highest BCUT2D eigenvalue weighted by atomic mass is 35.5. The fourth-order valence-electron chi connectivity index (χ4n) is 3.98. The van der Waals surface area contributed by atoms with Crippen LogP contribution in [0.15, 0.2) is 34.9 Å². The number of nitrogens with zero attached hydrogens (tertiary/aromatic N) is 4. The second kappa shape index (κ2) is 10.2. The molecule has 1 saturated heterocycles. The van der Waals surface area contributed by atoms with Crippen molar-refractivity contribution in [2.24, 2.45) is 5.92 Å². The van der Waals surface area contributed by atoms with Gasteiger partial charge in [0.05, 0.1) is 6.61 Å². The van der Waals surface area contributed by atoms with E-state index >= 15 is 0 Å². The van der Waals surface area contributed by atoms with E-state index in [1.54, 1.807) is 31.2 Å². The number of hydrogen-bond acceptors (Lipinski definition) is 8. The molecule has 2 aromatic heterocycles. The lowest BCUT2D eigenvalue weighted by atomic mass is 9.96. The molecule has 3 aromatic rings. The fourth-order valence-corrected chi connectivity index (χ4v) is 4.10. The number of carbonyl (C=O) groups excluding carboxylic acids is 2. The zero-order valence-corrected chi connectivity index (χ0v) is 20.1. The molecule has 1 N–H and O–H groups in total. The summed E-state index contributed by atoms with van der Waals surface area (Å²) >= 11 is 5.97. The van der Waals surface area contributed by atoms with Crippen molar-refractivity contribution in [1.29, 1.82) is 0 Å². The van der Waals surface area contributed by atoms with Crippen LogP contribution in [-0.4, -0.2) is 46.7 Å². The van der Waals surface area contributed by atoms with Crippen LogP contribution in [-0.2, 0) is 9.53 Å². The number of nitrogens with one attached hydrogen (secondary N) is 1. The number of aromatic nitrogens is 3. The minimum Gasteiger partial charge on any atom is -0.462 e. The molecule has 9 nitrogen and oxygen atoms in total. The Morgan fingerprint density at radius 3 is 2.41 bits per heavy atom. The number of rotatable bonds is 6. The van der Waals surface area contributed by atoms with Crippen molar-refractivity contribution in [2.75, 3.05) is 29.9 Å². The molecule has 10 heteroatoms. The van der Waals surface area contributed by atoms with Crippen LogP contribution >= 0.6 is 11.6 Å². The van der Waals surface area contributed by atoms with Crippen LogP contribution in [0.5, 0.6) is 0 Å². The van der Waals surface area contributed by atoms with Crippen LogP contribution in [0.4, 0.5) is 11.8 Å². The summed E-state index contributed by atoms with van der Waals surface area (Å²) < 4.78 is 10.6. The van der Waals surface area contributed by atoms with Gasteiger partial charge >= 0.3 is 5.97 Å². The maximum Gasteiger partial charge on any atom is 0.346 e. The zero-order chi connectivity index (χ0) is 24.2. The molecule has 0 atom stereocenters. The van der Waals surface area contributed by atoms with Gasteiger partial charge in [0.25, 0.3) is 0 Å². The van der Waals surface area contributed by atoms with E-state index in [2.05, 4.69) is 25.3 Å². The molecular weight excluding hydrogens is 458 g/mol. The van der Waals surface area contributed by atoms with E-state index in [1.807, 2.05) is 19.9 Å². The molecule has 0 bridgehead atoms. The van der Waals surface area contributed by atoms with Crippen molar-refractivity contribution in [2.45, 2.75) is 33.6 Å². The third kappa shape index (κ3) is 5.20. The van der Waals surface area contributed by atoms with E-state index in [1.165, 1.54) is 0 Å². The quantitative estimate of drug-likeness (QED) is 0.512. The van der Waals surface area contributed by atoms with E-state index in [-0.39, 0.29) is 35.6 Å². The van der Waals surface area contributed by atoms with Crippen molar-refractivity contribution < 1.29 is 18.8 Å². The van der Waals surface area contributed by atoms with Gasteiger partial charge in [0, 0.05) is 41.0 Å². The highest BCUT2D eigenvalue weighted by molar-refractivity contribution is 6.30. The molecule has 0 unspecified atom stereocenters. The first-order chi connectivity index (χ1) is 16.4. The maximum atomic E-state index is 13.0. The minimum atomic E-state index is -0.620. The Morgan fingerprint density at radius 1 is 1.15 bits per heavy atom. The Labute approximate surface area is 202 Å². The van der Waals surface area contributed by atoms with Crippen LogP contribution in [0.1, 0.15) is 41.5 Å². The van der Waals surface area contributed by atoms with Gasteiger partial charge in [-0.2, -0.15) is 0 Å². The molecule has 1 amide bonds. The fraction of sp³-hybridized carbons (Fsp3) is 0.375. The predicted octanol–water partition coefficient (Wildman–Crippen LogP) is 4.43. The van der Waals surface area contributed by atoms with Gasteiger partial charge in [0.1, 0.15) is 5.69 Å². The molecule has 34 heavy (non-hydrogen) atoms. The van der Waals surface area contributed by atoms with Gasteiger partial charge in [0.2, 0.25) is 17.7 Å². The second-order valence-corrected chi connectivity index (χ2v) is 8.60. The monoisotopic (exact) mass is 483 g/mol. The molecule has 1 aliphatic heterocycles. The topological polar surface area (TPSA) is 110 Å². The van der Waals surface area contributed by atoms with Gasteiger partial charge in [0.15, 0.2) is 5.56 Å². The molecule has 178 valence electrons. The molecule has 0 spiro atoms. The smallest absolute Gasteiger partial charge is 0.346 e. The summed E-state index contributed by atoms with van der Waals surface area (Å²) in [5.74, 6) is -0.435. The molecule has 1 aromatic carbocycles. The molecule has 1 fully saturated rings. The second-order valence-electron chi connectivity index (χ2n) is 8.16. The summed E-state index contributed by atoms with van der Waals surface area (Å²) in [6.45, 7) is 7.07. The normalized spacial score (nSPS) is 14.2.